The molecule has 0 aliphatic carbocycles. The van der Waals surface area contributed by atoms with Gasteiger partial charge in [0.25, 0.3) is 5.88 Å². The highest BCUT2D eigenvalue weighted by Gasteiger charge is 2.28. The second kappa shape index (κ2) is 8.62. The number of fused-ring (bicyclic) bond motifs is 1. The number of sulfone groups is 1. The quantitative estimate of drug-likeness (QED) is 0.564. The lowest BCUT2D eigenvalue weighted by Crippen LogP contribution is -2.42. The number of ether oxygens (including phenoxy) is 2. The first-order valence-corrected chi connectivity index (χ1v) is 12.5. The van der Waals surface area contributed by atoms with E-state index in [1.807, 2.05) is 25.3 Å². The maximum Gasteiger partial charge on any atom is 0.410 e. The van der Waals surface area contributed by atoms with E-state index in [1.165, 1.54) is 18.5 Å². The van der Waals surface area contributed by atoms with Crippen LogP contribution in [0.2, 0.25) is 0 Å². The van der Waals surface area contributed by atoms with Gasteiger partial charge in [0.15, 0.2) is 21.0 Å². The minimum absolute atomic E-state index is 0.130. The van der Waals surface area contributed by atoms with Crippen molar-refractivity contribution in [3.05, 3.63) is 36.9 Å². The van der Waals surface area contributed by atoms with Crippen molar-refractivity contribution < 1.29 is 22.7 Å². The molecule has 2 aromatic heterocycles. The van der Waals surface area contributed by atoms with E-state index in [-0.39, 0.29) is 22.9 Å². The minimum Gasteiger partial charge on any atom is -0.444 e. The lowest BCUT2D eigenvalue weighted by Gasteiger charge is -2.33. The molecule has 0 N–H and O–H groups in total. The molecule has 11 heteroatoms. The van der Waals surface area contributed by atoms with Crippen LogP contribution in [0.4, 0.5) is 4.79 Å². The summed E-state index contributed by atoms with van der Waals surface area (Å²) in [5, 5.41) is 0. The fraction of sp³-hybridized carbons (Fsp3) is 0.455. The highest BCUT2D eigenvalue weighted by Crippen LogP contribution is 2.31. The molecule has 0 atom stereocenters. The summed E-state index contributed by atoms with van der Waals surface area (Å²) >= 11 is 0. The van der Waals surface area contributed by atoms with Crippen molar-refractivity contribution >= 4 is 27.1 Å². The lowest BCUT2D eigenvalue weighted by molar-refractivity contribution is 0.0189. The highest BCUT2D eigenvalue weighted by molar-refractivity contribution is 7.90. The molecule has 0 bridgehead atoms. The zero-order chi connectivity index (χ0) is 23.8. The van der Waals surface area contributed by atoms with Gasteiger partial charge in [0.1, 0.15) is 17.7 Å². The molecular formula is C22H27N5O5S. The summed E-state index contributed by atoms with van der Waals surface area (Å²) in [5.41, 5.74) is 0.634. The van der Waals surface area contributed by atoms with Crippen LogP contribution < -0.4 is 4.74 Å². The summed E-state index contributed by atoms with van der Waals surface area (Å²) in [5.74, 6) is 0.736. The SMILES string of the molecule is CC(C)(C)OC(=O)N1CCC(n2cnc3c(Oc4ccc(S(C)(=O)=O)cc4)ncnc32)CC1. The third kappa shape index (κ3) is 5.24. The molecule has 0 spiro atoms. The molecule has 4 rings (SSSR count). The zero-order valence-corrected chi connectivity index (χ0v) is 19.9. The van der Waals surface area contributed by atoms with Gasteiger partial charge in [0, 0.05) is 25.4 Å². The maximum absolute atomic E-state index is 12.3. The molecule has 1 fully saturated rings. The van der Waals surface area contributed by atoms with Gasteiger partial charge in [0.2, 0.25) is 0 Å². The molecule has 1 saturated heterocycles. The van der Waals surface area contributed by atoms with Crippen LogP contribution in [0.3, 0.4) is 0 Å². The Balaban J connectivity index is 1.48. The van der Waals surface area contributed by atoms with Crippen molar-refractivity contribution in [2.24, 2.45) is 0 Å². The van der Waals surface area contributed by atoms with E-state index in [9.17, 15) is 13.2 Å². The van der Waals surface area contributed by atoms with E-state index in [0.717, 1.165) is 19.1 Å². The standard InChI is InChI=1S/C22H27N5O5S/c1-22(2,3)32-21(28)26-11-9-15(10-12-26)27-14-25-18-19(27)23-13-24-20(18)31-16-5-7-17(8-6-16)33(4,29)30/h5-8,13-15H,9-12H2,1-4H3. The van der Waals surface area contributed by atoms with Gasteiger partial charge in [-0.25, -0.2) is 23.2 Å². The topological polar surface area (TPSA) is 117 Å². The van der Waals surface area contributed by atoms with Crippen LogP contribution in [0.25, 0.3) is 11.2 Å². The van der Waals surface area contributed by atoms with E-state index in [0.29, 0.717) is 30.0 Å². The molecule has 176 valence electrons. The molecule has 10 nitrogen and oxygen atoms in total. The smallest absolute Gasteiger partial charge is 0.410 e. The highest BCUT2D eigenvalue weighted by atomic mass is 32.2. The van der Waals surface area contributed by atoms with E-state index in [4.69, 9.17) is 9.47 Å². The first-order valence-electron chi connectivity index (χ1n) is 10.6. The number of piperidine rings is 1. The first kappa shape index (κ1) is 23.0. The predicted octanol–water partition coefficient (Wildman–Crippen LogP) is 3.59. The van der Waals surface area contributed by atoms with Crippen molar-refractivity contribution in [2.45, 2.75) is 50.2 Å². The Morgan fingerprint density at radius 2 is 1.73 bits per heavy atom. The summed E-state index contributed by atoms with van der Waals surface area (Å²) in [6.45, 7) is 6.73. The number of imidazole rings is 1. The fourth-order valence-corrected chi connectivity index (χ4v) is 4.32. The summed E-state index contributed by atoms with van der Waals surface area (Å²) in [4.78, 5) is 27.3. The van der Waals surface area contributed by atoms with Crippen molar-refractivity contribution in [1.29, 1.82) is 0 Å². The number of hydrogen-bond donors (Lipinski definition) is 0. The molecule has 3 aromatic rings. The van der Waals surface area contributed by atoms with E-state index < -0.39 is 15.4 Å². The van der Waals surface area contributed by atoms with Crippen LogP contribution >= 0.6 is 0 Å². The largest absolute Gasteiger partial charge is 0.444 e. The van der Waals surface area contributed by atoms with Gasteiger partial charge in [-0.3, -0.25) is 0 Å². The number of hydrogen-bond acceptors (Lipinski definition) is 8. The number of amides is 1. The van der Waals surface area contributed by atoms with Gasteiger partial charge >= 0.3 is 6.09 Å². The maximum atomic E-state index is 12.3. The molecule has 3 heterocycles. The number of rotatable bonds is 4. The Kier molecular flexibility index (Phi) is 6.00. The molecule has 33 heavy (non-hydrogen) atoms. The van der Waals surface area contributed by atoms with Gasteiger partial charge in [-0.1, -0.05) is 0 Å². The van der Waals surface area contributed by atoms with E-state index in [1.54, 1.807) is 23.4 Å². The molecule has 1 aromatic carbocycles. The second-order valence-electron chi connectivity index (χ2n) is 9.05. The number of benzene rings is 1. The Morgan fingerprint density at radius 1 is 1.06 bits per heavy atom. The van der Waals surface area contributed by atoms with Gasteiger partial charge in [-0.2, -0.15) is 4.98 Å². The zero-order valence-electron chi connectivity index (χ0n) is 19.1. The normalized spacial score (nSPS) is 15.6. The van der Waals surface area contributed by atoms with Crippen molar-refractivity contribution in [2.75, 3.05) is 19.3 Å². The Hall–Kier alpha value is -3.21. The fourth-order valence-electron chi connectivity index (χ4n) is 3.69. The monoisotopic (exact) mass is 473 g/mol. The number of carbonyl (C=O) groups excluding carboxylic acids is 1. The molecule has 0 radical (unpaired) electrons. The summed E-state index contributed by atoms with van der Waals surface area (Å²) in [6, 6.07) is 6.26. The van der Waals surface area contributed by atoms with Gasteiger partial charge in [-0.15, -0.1) is 0 Å². The van der Waals surface area contributed by atoms with Gasteiger partial charge < -0.3 is 18.9 Å². The van der Waals surface area contributed by atoms with Crippen LogP contribution in [0, 0.1) is 0 Å². The summed E-state index contributed by atoms with van der Waals surface area (Å²) in [7, 11) is -3.28. The van der Waals surface area contributed by atoms with Gasteiger partial charge in [-0.05, 0) is 57.9 Å². The van der Waals surface area contributed by atoms with Crippen LogP contribution in [0.15, 0.2) is 41.8 Å². The van der Waals surface area contributed by atoms with Crippen molar-refractivity contribution in [1.82, 2.24) is 24.4 Å². The Morgan fingerprint density at radius 3 is 2.33 bits per heavy atom. The average molecular weight is 474 g/mol. The number of nitrogens with zero attached hydrogens (tertiary/aromatic N) is 5. The summed E-state index contributed by atoms with van der Waals surface area (Å²) < 4.78 is 36.6. The van der Waals surface area contributed by atoms with E-state index >= 15 is 0 Å². The molecule has 1 aliphatic rings. The third-order valence-electron chi connectivity index (χ3n) is 5.30. The van der Waals surface area contributed by atoms with Crippen molar-refractivity contribution in [3.8, 4) is 11.6 Å². The Labute approximate surface area is 192 Å². The van der Waals surface area contributed by atoms with Gasteiger partial charge in [0.05, 0.1) is 11.2 Å². The number of carbonyl (C=O) groups is 1. The lowest BCUT2D eigenvalue weighted by atomic mass is 10.1. The molecule has 0 unspecified atom stereocenters. The second-order valence-corrected chi connectivity index (χ2v) is 11.1. The molecule has 1 amide bonds. The van der Waals surface area contributed by atoms with Crippen LogP contribution in [-0.4, -0.2) is 63.9 Å². The van der Waals surface area contributed by atoms with Crippen LogP contribution in [0.1, 0.15) is 39.7 Å². The van der Waals surface area contributed by atoms with Crippen LogP contribution in [0.5, 0.6) is 11.6 Å². The average Bonchev–Trinajstić information content (AvgIpc) is 3.18. The number of likely N-dealkylation sites (tertiary alicyclic amines) is 1. The van der Waals surface area contributed by atoms with Crippen molar-refractivity contribution in [3.63, 3.8) is 0 Å². The molecule has 1 aliphatic heterocycles. The van der Waals surface area contributed by atoms with Crippen LogP contribution in [-0.2, 0) is 14.6 Å². The molecular weight excluding hydrogens is 446 g/mol. The first-order chi connectivity index (χ1) is 15.5. The minimum atomic E-state index is -3.28. The third-order valence-corrected chi connectivity index (χ3v) is 6.43. The summed E-state index contributed by atoms with van der Waals surface area (Å²) in [6.07, 6.45) is 5.48. The number of aromatic nitrogens is 4. The Bertz CT molecular complexity index is 1260. The van der Waals surface area contributed by atoms with E-state index in [2.05, 4.69) is 15.0 Å². The molecule has 0 saturated carbocycles. The predicted molar refractivity (Wildman–Crippen MR) is 121 cm³/mol.